The minimum absolute atomic E-state index is 0.0487. The Balaban J connectivity index is 2.08. The standard InChI is InChI=1S/C17H22N4O/c1-12(2)11-17(22)19-10-8-15-13(3)20-21(14(15)4)16-7-5-6-9-18-16/h5-7,9,11H,8,10H2,1-4H3,(H,19,22). The minimum Gasteiger partial charge on any atom is -0.352 e. The third-order valence-corrected chi connectivity index (χ3v) is 3.40. The Morgan fingerprint density at radius 2 is 2.09 bits per heavy atom. The van der Waals surface area contributed by atoms with Crippen LogP contribution in [0.2, 0.25) is 0 Å². The molecule has 0 radical (unpaired) electrons. The van der Waals surface area contributed by atoms with E-state index in [9.17, 15) is 4.79 Å². The summed E-state index contributed by atoms with van der Waals surface area (Å²) in [5.74, 6) is 0.760. The summed E-state index contributed by atoms with van der Waals surface area (Å²) in [5, 5.41) is 7.45. The first-order valence-corrected chi connectivity index (χ1v) is 7.38. The third-order valence-electron chi connectivity index (χ3n) is 3.40. The van der Waals surface area contributed by atoms with Gasteiger partial charge in [0, 0.05) is 24.5 Å². The highest BCUT2D eigenvalue weighted by Crippen LogP contribution is 2.16. The summed E-state index contributed by atoms with van der Waals surface area (Å²) in [7, 11) is 0. The van der Waals surface area contributed by atoms with Gasteiger partial charge in [-0.3, -0.25) is 4.79 Å². The second-order valence-corrected chi connectivity index (χ2v) is 5.51. The van der Waals surface area contributed by atoms with E-state index < -0.39 is 0 Å². The van der Waals surface area contributed by atoms with Crippen LogP contribution in [0.15, 0.2) is 36.0 Å². The average molecular weight is 298 g/mol. The van der Waals surface area contributed by atoms with Gasteiger partial charge in [0.2, 0.25) is 5.91 Å². The lowest BCUT2D eigenvalue weighted by Gasteiger charge is -2.05. The lowest BCUT2D eigenvalue weighted by molar-refractivity contribution is -0.116. The Bertz CT molecular complexity index is 682. The summed E-state index contributed by atoms with van der Waals surface area (Å²) in [4.78, 5) is 16.0. The van der Waals surface area contributed by atoms with E-state index in [4.69, 9.17) is 0 Å². The van der Waals surface area contributed by atoms with Gasteiger partial charge in [-0.2, -0.15) is 5.10 Å². The number of aryl methyl sites for hydroxylation is 1. The van der Waals surface area contributed by atoms with Crippen LogP contribution in [-0.2, 0) is 11.2 Å². The van der Waals surface area contributed by atoms with Gasteiger partial charge in [-0.25, -0.2) is 9.67 Å². The molecule has 0 spiro atoms. The molecule has 0 bridgehead atoms. The van der Waals surface area contributed by atoms with E-state index in [1.165, 1.54) is 0 Å². The van der Waals surface area contributed by atoms with E-state index in [0.717, 1.165) is 34.8 Å². The van der Waals surface area contributed by atoms with Crippen molar-refractivity contribution in [2.24, 2.45) is 0 Å². The van der Waals surface area contributed by atoms with E-state index in [1.54, 1.807) is 12.3 Å². The predicted octanol–water partition coefficient (Wildman–Crippen LogP) is 2.51. The number of nitrogens with one attached hydrogen (secondary N) is 1. The number of hydrogen-bond acceptors (Lipinski definition) is 3. The number of hydrogen-bond donors (Lipinski definition) is 1. The first-order valence-electron chi connectivity index (χ1n) is 7.38. The molecule has 116 valence electrons. The summed E-state index contributed by atoms with van der Waals surface area (Å²) < 4.78 is 1.85. The maximum atomic E-state index is 11.6. The number of allylic oxidation sites excluding steroid dienone is 1. The number of rotatable bonds is 5. The summed E-state index contributed by atoms with van der Waals surface area (Å²) in [6.45, 7) is 8.43. The Morgan fingerprint density at radius 1 is 1.32 bits per heavy atom. The van der Waals surface area contributed by atoms with Crippen LogP contribution in [0.25, 0.3) is 5.82 Å². The van der Waals surface area contributed by atoms with Gasteiger partial charge >= 0.3 is 0 Å². The van der Waals surface area contributed by atoms with Crippen molar-refractivity contribution in [3.8, 4) is 5.82 Å². The lowest BCUT2D eigenvalue weighted by atomic mass is 10.1. The van der Waals surface area contributed by atoms with Crippen LogP contribution < -0.4 is 5.32 Å². The van der Waals surface area contributed by atoms with E-state index >= 15 is 0 Å². The molecule has 2 aromatic rings. The highest BCUT2D eigenvalue weighted by atomic mass is 16.1. The Morgan fingerprint density at radius 3 is 2.73 bits per heavy atom. The zero-order valence-corrected chi connectivity index (χ0v) is 13.6. The smallest absolute Gasteiger partial charge is 0.243 e. The van der Waals surface area contributed by atoms with Crippen molar-refractivity contribution in [3.63, 3.8) is 0 Å². The molecule has 2 aromatic heterocycles. The fourth-order valence-corrected chi connectivity index (χ4v) is 2.36. The zero-order chi connectivity index (χ0) is 16.1. The van der Waals surface area contributed by atoms with Crippen molar-refractivity contribution < 1.29 is 4.79 Å². The van der Waals surface area contributed by atoms with E-state index in [0.29, 0.717) is 6.54 Å². The maximum Gasteiger partial charge on any atom is 0.243 e. The fourth-order valence-electron chi connectivity index (χ4n) is 2.36. The second-order valence-electron chi connectivity index (χ2n) is 5.51. The molecular weight excluding hydrogens is 276 g/mol. The predicted molar refractivity (Wildman–Crippen MR) is 87.0 cm³/mol. The number of carbonyl (C=O) groups is 1. The van der Waals surface area contributed by atoms with Crippen molar-refractivity contribution in [2.75, 3.05) is 6.54 Å². The van der Waals surface area contributed by atoms with Crippen molar-refractivity contribution in [3.05, 3.63) is 53.0 Å². The third kappa shape index (κ3) is 3.81. The molecule has 0 saturated heterocycles. The number of amides is 1. The molecule has 0 saturated carbocycles. The van der Waals surface area contributed by atoms with Crippen molar-refractivity contribution in [1.29, 1.82) is 0 Å². The molecule has 0 fully saturated rings. The summed E-state index contributed by atoms with van der Waals surface area (Å²) >= 11 is 0. The van der Waals surface area contributed by atoms with Crippen LogP contribution in [0.1, 0.15) is 30.8 Å². The molecule has 2 heterocycles. The molecule has 0 aliphatic rings. The highest BCUT2D eigenvalue weighted by molar-refractivity contribution is 5.87. The largest absolute Gasteiger partial charge is 0.352 e. The van der Waals surface area contributed by atoms with E-state index in [-0.39, 0.29) is 5.91 Å². The molecule has 5 heteroatoms. The minimum atomic E-state index is -0.0487. The quantitative estimate of drug-likeness (QED) is 0.863. The zero-order valence-electron chi connectivity index (χ0n) is 13.6. The molecule has 0 aliphatic heterocycles. The molecule has 0 atom stereocenters. The molecular formula is C17H22N4O. The van der Waals surface area contributed by atoms with Crippen LogP contribution in [-0.4, -0.2) is 27.2 Å². The van der Waals surface area contributed by atoms with Gasteiger partial charge in [0.1, 0.15) is 0 Å². The van der Waals surface area contributed by atoms with Crippen LogP contribution in [0, 0.1) is 13.8 Å². The topological polar surface area (TPSA) is 59.8 Å². The van der Waals surface area contributed by atoms with Gasteiger partial charge in [0.05, 0.1) is 5.69 Å². The first-order chi connectivity index (χ1) is 10.5. The van der Waals surface area contributed by atoms with E-state index in [1.807, 2.05) is 50.6 Å². The molecule has 0 aromatic carbocycles. The normalized spacial score (nSPS) is 10.4. The van der Waals surface area contributed by atoms with Gasteiger partial charge in [0.15, 0.2) is 5.82 Å². The van der Waals surface area contributed by atoms with Gasteiger partial charge in [0.25, 0.3) is 0 Å². The fraction of sp³-hybridized carbons (Fsp3) is 0.353. The number of aromatic nitrogens is 3. The summed E-state index contributed by atoms with van der Waals surface area (Å²) in [5.41, 5.74) is 4.18. The Hall–Kier alpha value is -2.43. The van der Waals surface area contributed by atoms with Crippen molar-refractivity contribution in [2.45, 2.75) is 34.1 Å². The number of nitrogens with zero attached hydrogens (tertiary/aromatic N) is 3. The number of carbonyl (C=O) groups excluding carboxylic acids is 1. The molecule has 22 heavy (non-hydrogen) atoms. The average Bonchev–Trinajstić information content (AvgIpc) is 2.75. The first kappa shape index (κ1) is 15.9. The molecule has 1 amide bonds. The SMILES string of the molecule is CC(C)=CC(=O)NCCc1c(C)nn(-c2ccccn2)c1C. The summed E-state index contributed by atoms with van der Waals surface area (Å²) in [6, 6.07) is 5.76. The lowest BCUT2D eigenvalue weighted by Crippen LogP contribution is -2.24. The second kappa shape index (κ2) is 7.02. The molecule has 0 aliphatic carbocycles. The van der Waals surface area contributed by atoms with Crippen LogP contribution in [0.5, 0.6) is 0 Å². The Labute approximate surface area is 131 Å². The number of pyridine rings is 1. The molecule has 2 rings (SSSR count). The van der Waals surface area contributed by atoms with Crippen LogP contribution >= 0.6 is 0 Å². The van der Waals surface area contributed by atoms with Crippen LogP contribution in [0.4, 0.5) is 0 Å². The molecule has 0 unspecified atom stereocenters. The van der Waals surface area contributed by atoms with Crippen molar-refractivity contribution in [1.82, 2.24) is 20.1 Å². The van der Waals surface area contributed by atoms with Gasteiger partial charge in [-0.15, -0.1) is 0 Å². The molecule has 1 N–H and O–H groups in total. The van der Waals surface area contributed by atoms with Gasteiger partial charge < -0.3 is 5.32 Å². The van der Waals surface area contributed by atoms with Gasteiger partial charge in [-0.05, 0) is 51.8 Å². The summed E-state index contributed by atoms with van der Waals surface area (Å²) in [6.07, 6.45) is 4.12. The molecule has 5 nitrogen and oxygen atoms in total. The van der Waals surface area contributed by atoms with Crippen LogP contribution in [0.3, 0.4) is 0 Å². The van der Waals surface area contributed by atoms with Gasteiger partial charge in [-0.1, -0.05) is 11.6 Å². The maximum absolute atomic E-state index is 11.6. The monoisotopic (exact) mass is 298 g/mol. The van der Waals surface area contributed by atoms with Crippen molar-refractivity contribution >= 4 is 5.91 Å². The van der Waals surface area contributed by atoms with E-state index in [2.05, 4.69) is 15.4 Å². The highest BCUT2D eigenvalue weighted by Gasteiger charge is 2.13. The Kier molecular flexibility index (Phi) is 5.09.